The van der Waals surface area contributed by atoms with Crippen LogP contribution in [0, 0.1) is 0 Å². The Balaban J connectivity index is 1.61. The number of methoxy groups -OCH3 is 3. The van der Waals surface area contributed by atoms with Crippen molar-refractivity contribution in [3.05, 3.63) is 53.6 Å². The van der Waals surface area contributed by atoms with E-state index in [4.69, 9.17) is 14.2 Å². The first-order valence-corrected chi connectivity index (χ1v) is 9.97. The number of carbonyl (C=O) groups excluding carboxylic acids is 2. The second kappa shape index (κ2) is 10.0. The van der Waals surface area contributed by atoms with Gasteiger partial charge in [0.2, 0.25) is 5.91 Å². The summed E-state index contributed by atoms with van der Waals surface area (Å²) in [7, 11) is 4.74. The van der Waals surface area contributed by atoms with Crippen LogP contribution in [-0.4, -0.2) is 69.1 Å². The van der Waals surface area contributed by atoms with E-state index in [1.165, 1.54) is 0 Å². The molecule has 0 aromatic heterocycles. The molecule has 1 aliphatic heterocycles. The molecule has 0 radical (unpaired) electrons. The first-order chi connectivity index (χ1) is 14.5. The van der Waals surface area contributed by atoms with E-state index in [2.05, 4.69) is 0 Å². The van der Waals surface area contributed by atoms with Crippen molar-refractivity contribution in [3.63, 3.8) is 0 Å². The summed E-state index contributed by atoms with van der Waals surface area (Å²) in [6.07, 6.45) is 1.03. The van der Waals surface area contributed by atoms with Crippen LogP contribution in [0.5, 0.6) is 17.2 Å². The predicted molar refractivity (Wildman–Crippen MR) is 113 cm³/mol. The number of benzene rings is 2. The number of hydrogen-bond acceptors (Lipinski definition) is 5. The molecule has 160 valence electrons. The normalized spacial score (nSPS) is 14.1. The molecule has 2 aromatic rings. The summed E-state index contributed by atoms with van der Waals surface area (Å²) < 4.78 is 15.8. The van der Waals surface area contributed by atoms with Crippen LogP contribution >= 0.6 is 0 Å². The first kappa shape index (κ1) is 21.5. The third kappa shape index (κ3) is 5.03. The fourth-order valence-corrected chi connectivity index (χ4v) is 3.59. The number of ether oxygens (including phenoxy) is 3. The van der Waals surface area contributed by atoms with Crippen LogP contribution in [0.25, 0.3) is 0 Å². The maximum Gasteiger partial charge on any atom is 0.254 e. The van der Waals surface area contributed by atoms with E-state index >= 15 is 0 Å². The van der Waals surface area contributed by atoms with Gasteiger partial charge < -0.3 is 24.0 Å². The van der Waals surface area contributed by atoms with Crippen molar-refractivity contribution in [2.45, 2.75) is 12.8 Å². The van der Waals surface area contributed by atoms with Crippen molar-refractivity contribution >= 4 is 11.8 Å². The van der Waals surface area contributed by atoms with Crippen LogP contribution in [0.4, 0.5) is 0 Å². The number of amides is 2. The van der Waals surface area contributed by atoms with E-state index in [0.29, 0.717) is 49.0 Å². The first-order valence-electron chi connectivity index (χ1n) is 9.97. The zero-order valence-electron chi connectivity index (χ0n) is 17.7. The van der Waals surface area contributed by atoms with Gasteiger partial charge in [0.15, 0.2) is 11.5 Å². The van der Waals surface area contributed by atoms with Crippen molar-refractivity contribution < 1.29 is 23.8 Å². The molecule has 30 heavy (non-hydrogen) atoms. The lowest BCUT2D eigenvalue weighted by Gasteiger charge is -2.22. The fraction of sp³-hybridized carbons (Fsp3) is 0.391. The topological polar surface area (TPSA) is 68.3 Å². The fourth-order valence-electron chi connectivity index (χ4n) is 3.59. The number of carbonyl (C=O) groups is 2. The number of rotatable bonds is 6. The van der Waals surface area contributed by atoms with Gasteiger partial charge in [-0.05, 0) is 42.3 Å². The second-order valence-corrected chi connectivity index (χ2v) is 7.12. The summed E-state index contributed by atoms with van der Waals surface area (Å²) in [4.78, 5) is 29.3. The summed E-state index contributed by atoms with van der Waals surface area (Å²) in [5, 5.41) is 0. The molecule has 2 amide bonds. The molecule has 1 saturated heterocycles. The van der Waals surface area contributed by atoms with Crippen LogP contribution in [0.3, 0.4) is 0 Å². The van der Waals surface area contributed by atoms with Gasteiger partial charge in [-0.3, -0.25) is 9.59 Å². The van der Waals surface area contributed by atoms with Crippen LogP contribution < -0.4 is 14.2 Å². The van der Waals surface area contributed by atoms with Gasteiger partial charge in [0.25, 0.3) is 5.91 Å². The summed E-state index contributed by atoms with van der Waals surface area (Å²) in [6, 6.07) is 12.7. The van der Waals surface area contributed by atoms with Crippen molar-refractivity contribution in [1.82, 2.24) is 9.80 Å². The Morgan fingerprint density at radius 1 is 0.833 bits per heavy atom. The van der Waals surface area contributed by atoms with Gasteiger partial charge in [0.05, 0.1) is 27.8 Å². The quantitative estimate of drug-likeness (QED) is 0.730. The van der Waals surface area contributed by atoms with Crippen LogP contribution in [0.2, 0.25) is 0 Å². The van der Waals surface area contributed by atoms with Crippen molar-refractivity contribution in [2.75, 3.05) is 47.5 Å². The summed E-state index contributed by atoms with van der Waals surface area (Å²) >= 11 is 0. The standard InChI is InChI=1S/C23H28N2O5/c1-28-19-7-4-6-18(16-19)23(27)25-11-5-10-24(12-13-25)22(26)15-17-8-9-20(29-2)21(14-17)30-3/h4,6-9,14,16H,5,10-13,15H2,1-3H3. The van der Waals surface area contributed by atoms with Gasteiger partial charge in [-0.2, -0.15) is 0 Å². The maximum atomic E-state index is 12.9. The van der Waals surface area contributed by atoms with E-state index in [9.17, 15) is 9.59 Å². The van der Waals surface area contributed by atoms with E-state index in [0.717, 1.165) is 12.0 Å². The summed E-state index contributed by atoms with van der Waals surface area (Å²) in [6.45, 7) is 2.28. The molecular formula is C23H28N2O5. The zero-order chi connectivity index (χ0) is 21.5. The lowest BCUT2D eigenvalue weighted by Crippen LogP contribution is -2.38. The highest BCUT2D eigenvalue weighted by atomic mass is 16.5. The highest BCUT2D eigenvalue weighted by Gasteiger charge is 2.23. The van der Waals surface area contributed by atoms with Crippen molar-refractivity contribution in [3.8, 4) is 17.2 Å². The lowest BCUT2D eigenvalue weighted by molar-refractivity contribution is -0.130. The number of nitrogens with zero attached hydrogens (tertiary/aromatic N) is 2. The van der Waals surface area contributed by atoms with Crippen molar-refractivity contribution in [2.24, 2.45) is 0 Å². The molecule has 1 fully saturated rings. The third-order valence-corrected chi connectivity index (χ3v) is 5.26. The molecule has 3 rings (SSSR count). The Kier molecular flexibility index (Phi) is 7.17. The van der Waals surface area contributed by atoms with E-state index < -0.39 is 0 Å². The van der Waals surface area contributed by atoms with Gasteiger partial charge in [-0.25, -0.2) is 0 Å². The SMILES string of the molecule is COc1cccc(C(=O)N2CCCN(C(=O)Cc3ccc(OC)c(OC)c3)CC2)c1. The van der Waals surface area contributed by atoms with E-state index in [1.807, 2.05) is 29.2 Å². The maximum absolute atomic E-state index is 12.9. The molecule has 1 aliphatic rings. The largest absolute Gasteiger partial charge is 0.497 e. The molecule has 0 atom stereocenters. The van der Waals surface area contributed by atoms with Gasteiger partial charge in [-0.15, -0.1) is 0 Å². The highest BCUT2D eigenvalue weighted by Crippen LogP contribution is 2.28. The molecular weight excluding hydrogens is 384 g/mol. The van der Waals surface area contributed by atoms with Crippen molar-refractivity contribution in [1.29, 1.82) is 0 Å². The Labute approximate surface area is 177 Å². The van der Waals surface area contributed by atoms with E-state index in [-0.39, 0.29) is 18.2 Å². The minimum Gasteiger partial charge on any atom is -0.497 e. The Morgan fingerprint density at radius 2 is 1.57 bits per heavy atom. The molecule has 7 heteroatoms. The molecule has 0 aliphatic carbocycles. The van der Waals surface area contributed by atoms with Gasteiger partial charge in [0.1, 0.15) is 5.75 Å². The van der Waals surface area contributed by atoms with Crippen LogP contribution in [0.1, 0.15) is 22.3 Å². The highest BCUT2D eigenvalue weighted by molar-refractivity contribution is 5.94. The molecule has 2 aromatic carbocycles. The monoisotopic (exact) mass is 412 g/mol. The minimum atomic E-state index is -0.0388. The van der Waals surface area contributed by atoms with Gasteiger partial charge in [-0.1, -0.05) is 12.1 Å². The predicted octanol–water partition coefficient (Wildman–Crippen LogP) is 2.63. The van der Waals surface area contributed by atoms with E-state index in [1.54, 1.807) is 44.4 Å². The summed E-state index contributed by atoms with van der Waals surface area (Å²) in [5.41, 5.74) is 1.46. The Bertz CT molecular complexity index is 899. The molecule has 0 saturated carbocycles. The average Bonchev–Trinajstić information content (AvgIpc) is 3.05. The lowest BCUT2D eigenvalue weighted by atomic mass is 10.1. The molecule has 0 bridgehead atoms. The minimum absolute atomic E-state index is 0.0388. The summed E-state index contributed by atoms with van der Waals surface area (Å²) in [5.74, 6) is 1.90. The van der Waals surface area contributed by atoms with Crippen LogP contribution in [-0.2, 0) is 11.2 Å². The molecule has 0 unspecified atom stereocenters. The molecule has 1 heterocycles. The second-order valence-electron chi connectivity index (χ2n) is 7.12. The van der Waals surface area contributed by atoms with Crippen LogP contribution in [0.15, 0.2) is 42.5 Å². The van der Waals surface area contributed by atoms with Gasteiger partial charge in [0, 0.05) is 31.7 Å². The van der Waals surface area contributed by atoms with Gasteiger partial charge >= 0.3 is 0 Å². The molecule has 0 N–H and O–H groups in total. The number of hydrogen-bond donors (Lipinski definition) is 0. The Morgan fingerprint density at radius 3 is 2.30 bits per heavy atom. The Hall–Kier alpha value is -3.22. The third-order valence-electron chi connectivity index (χ3n) is 5.26. The average molecular weight is 412 g/mol. The zero-order valence-corrected chi connectivity index (χ0v) is 17.7. The molecule has 7 nitrogen and oxygen atoms in total. The smallest absolute Gasteiger partial charge is 0.254 e. The molecule has 0 spiro atoms.